The van der Waals surface area contributed by atoms with Gasteiger partial charge in [-0.25, -0.2) is 12.8 Å². The lowest BCUT2D eigenvalue weighted by atomic mass is 9.98. The molecule has 0 radical (unpaired) electrons. The zero-order chi connectivity index (χ0) is 14.3. The third-order valence-corrected chi connectivity index (χ3v) is 4.71. The minimum absolute atomic E-state index is 0.249. The number of halogens is 1. The van der Waals surface area contributed by atoms with Crippen molar-refractivity contribution in [2.75, 3.05) is 0 Å². The van der Waals surface area contributed by atoms with Gasteiger partial charge >= 0.3 is 5.97 Å². The van der Waals surface area contributed by atoms with E-state index in [0.29, 0.717) is 12.8 Å². The van der Waals surface area contributed by atoms with E-state index >= 15 is 0 Å². The second-order valence-electron chi connectivity index (χ2n) is 4.73. The highest BCUT2D eigenvalue weighted by Gasteiger charge is 2.50. The quantitative estimate of drug-likeness (QED) is 0.833. The van der Waals surface area contributed by atoms with E-state index in [1.54, 1.807) is 0 Å². The van der Waals surface area contributed by atoms with E-state index < -0.39 is 27.3 Å². The molecule has 6 nitrogen and oxygen atoms in total. The van der Waals surface area contributed by atoms with Crippen LogP contribution in [0.3, 0.4) is 0 Å². The van der Waals surface area contributed by atoms with Gasteiger partial charge in [0, 0.05) is 6.20 Å². The molecular weight excluding hydrogens is 275 g/mol. The Labute approximate surface area is 109 Å². The average molecular weight is 288 g/mol. The third kappa shape index (κ3) is 2.74. The van der Waals surface area contributed by atoms with Gasteiger partial charge in [0.25, 0.3) is 0 Å². The molecule has 104 valence electrons. The highest BCUT2D eigenvalue weighted by Crippen LogP contribution is 2.40. The van der Waals surface area contributed by atoms with E-state index in [1.807, 2.05) is 0 Å². The van der Waals surface area contributed by atoms with Crippen molar-refractivity contribution in [1.29, 1.82) is 0 Å². The summed E-state index contributed by atoms with van der Waals surface area (Å²) in [7, 11) is -4.12. The van der Waals surface area contributed by atoms with E-state index in [4.69, 9.17) is 0 Å². The fourth-order valence-electron chi connectivity index (χ4n) is 1.84. The summed E-state index contributed by atoms with van der Waals surface area (Å²) in [5.41, 5.74) is -1.58. The summed E-state index contributed by atoms with van der Waals surface area (Å²) in [6, 6.07) is 0.796. The van der Waals surface area contributed by atoms with Gasteiger partial charge < -0.3 is 5.11 Å². The summed E-state index contributed by atoms with van der Waals surface area (Å²) in [4.78, 5) is 14.3. The van der Waals surface area contributed by atoms with Crippen LogP contribution in [0.2, 0.25) is 0 Å². The molecule has 1 aromatic rings. The minimum Gasteiger partial charge on any atom is -0.480 e. The summed E-state index contributed by atoms with van der Waals surface area (Å²) in [6.45, 7) is 1.32. The zero-order valence-corrected chi connectivity index (χ0v) is 10.9. The van der Waals surface area contributed by atoms with E-state index in [-0.39, 0.29) is 10.8 Å². The molecular formula is C11H13FN2O4S. The molecule has 1 unspecified atom stereocenters. The molecule has 2 N–H and O–H groups in total. The van der Waals surface area contributed by atoms with Crippen molar-refractivity contribution >= 4 is 16.0 Å². The normalized spacial score (nSPS) is 18.8. The molecule has 1 fully saturated rings. The molecule has 0 bridgehead atoms. The standard InChI is InChI=1S/C11H13FN2O4S/c1-11(10(15)16,7-2-3-7)14-19(17,18)9-4-8(12)5-13-6-9/h4-7,14H,2-3H2,1H3,(H,15,16). The predicted octanol–water partition coefficient (Wildman–Crippen LogP) is 0.752. The number of carboxylic acids is 1. The molecule has 0 spiro atoms. The smallest absolute Gasteiger partial charge is 0.324 e. The number of sulfonamides is 1. The fourth-order valence-corrected chi connectivity index (χ4v) is 3.24. The third-order valence-electron chi connectivity index (χ3n) is 3.17. The first kappa shape index (κ1) is 13.9. The molecule has 1 aliphatic rings. The van der Waals surface area contributed by atoms with Crippen LogP contribution in [0.25, 0.3) is 0 Å². The molecule has 1 saturated carbocycles. The van der Waals surface area contributed by atoms with Gasteiger partial charge in [-0.05, 0) is 31.7 Å². The maximum Gasteiger partial charge on any atom is 0.324 e. The molecule has 1 heterocycles. The molecule has 0 amide bonds. The van der Waals surface area contributed by atoms with Crippen molar-refractivity contribution in [3.05, 3.63) is 24.3 Å². The molecule has 2 rings (SSSR count). The number of nitrogens with zero attached hydrogens (tertiary/aromatic N) is 1. The Morgan fingerprint density at radius 2 is 2.16 bits per heavy atom. The highest BCUT2D eigenvalue weighted by atomic mass is 32.2. The Bertz CT molecular complexity index is 615. The van der Waals surface area contributed by atoms with Gasteiger partial charge in [0.15, 0.2) is 0 Å². The first-order valence-electron chi connectivity index (χ1n) is 5.63. The van der Waals surface area contributed by atoms with Gasteiger partial charge in [0.1, 0.15) is 16.3 Å². The summed E-state index contributed by atoms with van der Waals surface area (Å²) in [6.07, 6.45) is 3.14. The van der Waals surface area contributed by atoms with Crippen molar-refractivity contribution < 1.29 is 22.7 Å². The number of aliphatic carboxylic acids is 1. The van der Waals surface area contributed by atoms with Crippen LogP contribution in [0, 0.1) is 11.7 Å². The molecule has 0 aromatic carbocycles. The number of hydrogen-bond acceptors (Lipinski definition) is 4. The predicted molar refractivity (Wildman–Crippen MR) is 63.3 cm³/mol. The minimum atomic E-state index is -4.12. The summed E-state index contributed by atoms with van der Waals surface area (Å²) in [5.74, 6) is -2.30. The van der Waals surface area contributed by atoms with Gasteiger partial charge in [0.2, 0.25) is 10.0 Å². The van der Waals surface area contributed by atoms with Gasteiger partial charge in [-0.15, -0.1) is 0 Å². The summed E-state index contributed by atoms with van der Waals surface area (Å²) < 4.78 is 39.2. The number of nitrogens with one attached hydrogen (secondary N) is 1. The lowest BCUT2D eigenvalue weighted by Gasteiger charge is -2.25. The molecule has 8 heteroatoms. The second kappa shape index (κ2) is 4.53. The van der Waals surface area contributed by atoms with Gasteiger partial charge in [0.05, 0.1) is 6.20 Å². The van der Waals surface area contributed by atoms with Crippen LogP contribution in [0.1, 0.15) is 19.8 Å². The lowest BCUT2D eigenvalue weighted by molar-refractivity contribution is -0.144. The Balaban J connectivity index is 2.33. The number of carboxylic acid groups (broad SMARTS) is 1. The maximum atomic E-state index is 13.0. The largest absolute Gasteiger partial charge is 0.480 e. The van der Waals surface area contributed by atoms with Crippen LogP contribution in [0.5, 0.6) is 0 Å². The number of hydrogen-bond donors (Lipinski definition) is 2. The van der Waals surface area contributed by atoms with Crippen molar-refractivity contribution in [3.63, 3.8) is 0 Å². The number of aromatic nitrogens is 1. The molecule has 0 aliphatic heterocycles. The Morgan fingerprint density at radius 3 is 2.63 bits per heavy atom. The number of carbonyl (C=O) groups is 1. The average Bonchev–Trinajstić information content (AvgIpc) is 3.12. The van der Waals surface area contributed by atoms with Crippen LogP contribution >= 0.6 is 0 Å². The van der Waals surface area contributed by atoms with Crippen LogP contribution in [0.4, 0.5) is 4.39 Å². The lowest BCUT2D eigenvalue weighted by Crippen LogP contribution is -2.53. The first-order chi connectivity index (χ1) is 8.75. The van der Waals surface area contributed by atoms with E-state index in [0.717, 1.165) is 18.5 Å². The maximum absolute atomic E-state index is 13.0. The summed E-state index contributed by atoms with van der Waals surface area (Å²) >= 11 is 0. The van der Waals surface area contributed by atoms with E-state index in [2.05, 4.69) is 9.71 Å². The monoisotopic (exact) mass is 288 g/mol. The van der Waals surface area contributed by atoms with Crippen LogP contribution in [-0.4, -0.2) is 30.0 Å². The molecule has 1 aliphatic carbocycles. The van der Waals surface area contributed by atoms with Crippen molar-refractivity contribution in [3.8, 4) is 0 Å². The fraction of sp³-hybridized carbons (Fsp3) is 0.455. The summed E-state index contributed by atoms with van der Waals surface area (Å²) in [5, 5.41) is 9.19. The van der Waals surface area contributed by atoms with Crippen LogP contribution in [-0.2, 0) is 14.8 Å². The van der Waals surface area contributed by atoms with Crippen molar-refractivity contribution in [2.45, 2.75) is 30.2 Å². The molecule has 1 atom stereocenters. The highest BCUT2D eigenvalue weighted by molar-refractivity contribution is 7.89. The Morgan fingerprint density at radius 1 is 1.53 bits per heavy atom. The number of pyridine rings is 1. The first-order valence-corrected chi connectivity index (χ1v) is 7.12. The second-order valence-corrected chi connectivity index (χ2v) is 6.41. The number of rotatable bonds is 5. The molecule has 0 saturated heterocycles. The van der Waals surface area contributed by atoms with Crippen LogP contribution < -0.4 is 4.72 Å². The van der Waals surface area contributed by atoms with E-state index in [1.165, 1.54) is 6.92 Å². The van der Waals surface area contributed by atoms with Crippen LogP contribution in [0.15, 0.2) is 23.4 Å². The van der Waals surface area contributed by atoms with Gasteiger partial charge in [-0.1, -0.05) is 0 Å². The molecule has 1 aromatic heterocycles. The van der Waals surface area contributed by atoms with Gasteiger partial charge in [-0.2, -0.15) is 4.72 Å². The Kier molecular flexibility index (Phi) is 3.31. The SMILES string of the molecule is CC(NS(=O)(=O)c1cncc(F)c1)(C(=O)O)C1CC1. The van der Waals surface area contributed by atoms with Crippen molar-refractivity contribution in [1.82, 2.24) is 9.71 Å². The van der Waals surface area contributed by atoms with Crippen molar-refractivity contribution in [2.24, 2.45) is 5.92 Å². The zero-order valence-electron chi connectivity index (χ0n) is 10.1. The van der Waals surface area contributed by atoms with Gasteiger partial charge in [-0.3, -0.25) is 9.78 Å². The molecule has 19 heavy (non-hydrogen) atoms. The topological polar surface area (TPSA) is 96.4 Å². The Hall–Kier alpha value is -1.54. The van der Waals surface area contributed by atoms with E-state index in [9.17, 15) is 22.7 Å².